The van der Waals surface area contributed by atoms with E-state index in [0.717, 1.165) is 24.3 Å². The number of fused-ring (bicyclic) bond motifs is 1. The van der Waals surface area contributed by atoms with E-state index in [2.05, 4.69) is 10.2 Å². The molecule has 3 aromatic rings. The van der Waals surface area contributed by atoms with Gasteiger partial charge < -0.3 is 10.8 Å². The molecule has 0 saturated heterocycles. The van der Waals surface area contributed by atoms with E-state index in [9.17, 15) is 39.5 Å². The molecule has 3 rings (SSSR count). The Bertz CT molecular complexity index is 1630. The van der Waals surface area contributed by atoms with Crippen molar-refractivity contribution in [2.24, 2.45) is 10.2 Å². The zero-order valence-electron chi connectivity index (χ0n) is 15.5. The first kappa shape index (κ1) is 34.9. The minimum atomic E-state index is -5.01. The normalized spacial score (nSPS) is 12.0. The standard InChI is InChI=1S/C16H13N3O10S3.3Na.3H/c17-15-14-8(4-11(7-12(14)20)31(24,25)26)5-13(32(27,28)29)16(15)19-18-9-2-1-3-10(6-9)30(21,22)23;;;;;;/h1-7,20H,17H2,(H,21,22,23)(H,24,25,26)(H,27,28,29);;;;;;. The number of azo groups is 1. The fraction of sp³-hybridized carbons (Fsp3) is 0. The van der Waals surface area contributed by atoms with Crippen molar-refractivity contribution in [3.05, 3.63) is 42.5 Å². The first-order chi connectivity index (χ1) is 14.6. The molecule has 3 aromatic carbocycles. The summed E-state index contributed by atoms with van der Waals surface area (Å²) in [6.45, 7) is 0. The zero-order chi connectivity index (χ0) is 24.1. The number of phenolic OH excluding ortho intramolecular Hbond substituents is 1. The van der Waals surface area contributed by atoms with Crippen LogP contribution in [-0.2, 0) is 30.4 Å². The minimum absolute atomic E-state index is 0. The van der Waals surface area contributed by atoms with E-state index in [1.165, 1.54) is 12.1 Å². The molecule has 0 atom stereocenters. The van der Waals surface area contributed by atoms with Crippen molar-refractivity contribution < 1.29 is 44.0 Å². The van der Waals surface area contributed by atoms with Crippen LogP contribution in [0, 0.1) is 0 Å². The van der Waals surface area contributed by atoms with Gasteiger partial charge in [0, 0.05) is 11.5 Å². The summed E-state index contributed by atoms with van der Waals surface area (Å²) in [6.07, 6.45) is 0. The van der Waals surface area contributed by atoms with E-state index >= 15 is 0 Å². The van der Waals surface area contributed by atoms with Crippen molar-refractivity contribution >= 4 is 147 Å². The van der Waals surface area contributed by atoms with E-state index in [4.69, 9.17) is 10.3 Å². The summed E-state index contributed by atoms with van der Waals surface area (Å²) in [6, 6.07) is 6.68. The Kier molecular flexibility index (Phi) is 12.5. The average Bonchev–Trinajstić information content (AvgIpc) is 2.64. The molecule has 0 amide bonds. The van der Waals surface area contributed by atoms with Crippen molar-refractivity contribution in [1.82, 2.24) is 0 Å². The summed E-state index contributed by atoms with van der Waals surface area (Å²) < 4.78 is 96.8. The number of rotatable bonds is 5. The molecule has 0 radical (unpaired) electrons. The second-order valence-corrected chi connectivity index (χ2v) is 10.5. The van der Waals surface area contributed by atoms with Crippen LogP contribution in [0.4, 0.5) is 17.1 Å². The van der Waals surface area contributed by atoms with Crippen LogP contribution in [0.3, 0.4) is 0 Å². The molecule has 0 bridgehead atoms. The van der Waals surface area contributed by atoms with Gasteiger partial charge in [-0.15, -0.1) is 5.11 Å². The molecule has 13 nitrogen and oxygen atoms in total. The van der Waals surface area contributed by atoms with Gasteiger partial charge in [0.05, 0.1) is 21.2 Å². The number of aromatic hydroxyl groups is 1. The molecule has 0 heterocycles. The summed E-state index contributed by atoms with van der Waals surface area (Å²) in [5, 5.41) is 17.0. The van der Waals surface area contributed by atoms with Gasteiger partial charge in [-0.2, -0.15) is 30.4 Å². The first-order valence-electron chi connectivity index (χ1n) is 8.12. The molecule has 0 aliphatic carbocycles. The van der Waals surface area contributed by atoms with Crippen LogP contribution in [0.1, 0.15) is 0 Å². The SMILES string of the molecule is Nc1c(N=Nc2cccc(S(=O)(=O)O)c2)c(S(=O)(=O)O)cc2cc(S(=O)(=O)O)cc(O)c12.[NaH].[NaH].[NaH]. The van der Waals surface area contributed by atoms with E-state index in [1.807, 2.05) is 0 Å². The van der Waals surface area contributed by atoms with Crippen molar-refractivity contribution in [2.75, 3.05) is 5.73 Å². The Morgan fingerprint density at radius 2 is 1.29 bits per heavy atom. The first-order valence-corrected chi connectivity index (χ1v) is 12.4. The van der Waals surface area contributed by atoms with Gasteiger partial charge in [-0.05, 0) is 35.7 Å². The molecular weight excluding hydrogens is 559 g/mol. The predicted octanol–water partition coefficient (Wildman–Crippen LogP) is 0.338. The van der Waals surface area contributed by atoms with Gasteiger partial charge in [-0.3, -0.25) is 13.7 Å². The zero-order valence-corrected chi connectivity index (χ0v) is 17.9. The Morgan fingerprint density at radius 3 is 1.80 bits per heavy atom. The van der Waals surface area contributed by atoms with Crippen LogP contribution in [0.25, 0.3) is 10.8 Å². The molecule has 19 heteroatoms. The number of anilines is 1. The van der Waals surface area contributed by atoms with E-state index in [-0.39, 0.29) is 105 Å². The number of hydrogen-bond donors (Lipinski definition) is 5. The number of nitrogens with zero attached hydrogens (tertiary/aromatic N) is 2. The van der Waals surface area contributed by atoms with Gasteiger partial charge in [0.2, 0.25) is 0 Å². The second-order valence-electron chi connectivity index (χ2n) is 6.30. The van der Waals surface area contributed by atoms with Crippen LogP contribution in [0.2, 0.25) is 0 Å². The van der Waals surface area contributed by atoms with Crippen LogP contribution < -0.4 is 5.73 Å². The van der Waals surface area contributed by atoms with Gasteiger partial charge in [0.25, 0.3) is 30.4 Å². The summed E-state index contributed by atoms with van der Waals surface area (Å²) in [5.41, 5.74) is 4.59. The molecule has 0 aliphatic rings. The Hall–Kier alpha value is -0.150. The average molecular weight is 575 g/mol. The van der Waals surface area contributed by atoms with E-state index < -0.39 is 62.2 Å². The monoisotopic (exact) mass is 575 g/mol. The third-order valence-electron chi connectivity index (χ3n) is 4.12. The summed E-state index contributed by atoms with van der Waals surface area (Å²) in [4.78, 5) is -2.20. The molecule has 0 saturated carbocycles. The summed E-state index contributed by atoms with van der Waals surface area (Å²) in [7, 11) is -14.3. The van der Waals surface area contributed by atoms with Gasteiger partial charge >= 0.3 is 88.7 Å². The third kappa shape index (κ3) is 8.17. The van der Waals surface area contributed by atoms with Crippen LogP contribution in [0.5, 0.6) is 5.75 Å². The Labute approximate surface area is 266 Å². The van der Waals surface area contributed by atoms with Crippen LogP contribution >= 0.6 is 0 Å². The molecule has 6 N–H and O–H groups in total. The summed E-state index contributed by atoms with van der Waals surface area (Å²) >= 11 is 0. The maximum absolute atomic E-state index is 11.9. The Morgan fingerprint density at radius 1 is 0.714 bits per heavy atom. The second kappa shape index (κ2) is 12.6. The fourth-order valence-electron chi connectivity index (χ4n) is 2.75. The Balaban J connectivity index is 0.00000385. The van der Waals surface area contributed by atoms with Crippen molar-refractivity contribution in [1.29, 1.82) is 0 Å². The van der Waals surface area contributed by atoms with Gasteiger partial charge in [-0.25, -0.2) is 0 Å². The number of nitrogen functional groups attached to an aromatic ring is 1. The molecule has 0 aliphatic heterocycles. The molecule has 0 spiro atoms. The van der Waals surface area contributed by atoms with E-state index in [0.29, 0.717) is 6.07 Å². The third-order valence-corrected chi connectivity index (χ3v) is 6.67. The molecule has 0 aromatic heterocycles. The molecule has 0 unspecified atom stereocenters. The predicted molar refractivity (Wildman–Crippen MR) is 132 cm³/mol. The number of benzene rings is 3. The van der Waals surface area contributed by atoms with Crippen LogP contribution in [-0.4, -0.2) is 133 Å². The van der Waals surface area contributed by atoms with Crippen molar-refractivity contribution in [3.8, 4) is 5.75 Å². The molecule has 35 heavy (non-hydrogen) atoms. The summed E-state index contributed by atoms with van der Waals surface area (Å²) in [5.74, 6) is -0.751. The fourth-order valence-corrected chi connectivity index (χ4v) is 4.48. The quantitative estimate of drug-likeness (QED) is 0.120. The number of nitrogens with two attached hydrogens (primary N) is 1. The van der Waals surface area contributed by atoms with Crippen LogP contribution in [0.15, 0.2) is 67.4 Å². The van der Waals surface area contributed by atoms with Gasteiger partial charge in [0.15, 0.2) is 0 Å². The number of phenols is 1. The molecule has 176 valence electrons. The molecular formula is C16H16N3Na3O10S3. The molecule has 0 fully saturated rings. The topological polar surface area (TPSA) is 234 Å². The van der Waals surface area contributed by atoms with Gasteiger partial charge in [0.1, 0.15) is 16.3 Å². The van der Waals surface area contributed by atoms with Crippen molar-refractivity contribution in [2.45, 2.75) is 14.7 Å². The van der Waals surface area contributed by atoms with Gasteiger partial charge in [-0.1, -0.05) is 6.07 Å². The van der Waals surface area contributed by atoms with Crippen molar-refractivity contribution in [3.63, 3.8) is 0 Å². The number of hydrogen-bond acceptors (Lipinski definition) is 10. The van der Waals surface area contributed by atoms with E-state index in [1.54, 1.807) is 0 Å². The maximum atomic E-state index is 11.9.